The smallest absolute Gasteiger partial charge is 0.153 e. The highest BCUT2D eigenvalue weighted by molar-refractivity contribution is 7.88. The largest absolute Gasteiger partial charge is 0.295 e. The summed E-state index contributed by atoms with van der Waals surface area (Å²) in [4.78, 5) is 11.3. The van der Waals surface area contributed by atoms with Gasteiger partial charge in [0.1, 0.15) is 0 Å². The minimum Gasteiger partial charge on any atom is -0.295 e. The molecule has 0 aliphatic heterocycles. The van der Waals surface area contributed by atoms with Crippen LogP contribution < -0.4 is 0 Å². The zero-order chi connectivity index (χ0) is 9.68. The molecule has 0 saturated carbocycles. The van der Waals surface area contributed by atoms with Gasteiger partial charge < -0.3 is 0 Å². The van der Waals surface area contributed by atoms with Crippen LogP contribution in [0.3, 0.4) is 0 Å². The Morgan fingerprint density at radius 2 is 1.92 bits per heavy atom. The zero-order valence-electron chi connectivity index (χ0n) is 7.27. The lowest BCUT2D eigenvalue weighted by molar-refractivity contribution is -0.112. The fraction of sp³-hybridized carbons (Fsp3) is 0.100. The summed E-state index contributed by atoms with van der Waals surface area (Å²) in [7, 11) is -1.21. The van der Waals surface area contributed by atoms with Crippen molar-refractivity contribution in [2.45, 2.75) is 11.8 Å². The second-order valence-corrected chi connectivity index (χ2v) is 3.86. The van der Waals surface area contributed by atoms with Crippen LogP contribution in [0, 0.1) is 0 Å². The molecule has 0 amide bonds. The van der Waals surface area contributed by atoms with Gasteiger partial charge in [0.2, 0.25) is 0 Å². The molecule has 0 aliphatic rings. The molecule has 1 atom stereocenters. The third-order valence-corrected chi connectivity index (χ3v) is 2.52. The van der Waals surface area contributed by atoms with Crippen molar-refractivity contribution in [2.75, 3.05) is 0 Å². The minimum atomic E-state index is -1.21. The van der Waals surface area contributed by atoms with E-state index in [0.29, 0.717) is 4.90 Å². The van der Waals surface area contributed by atoms with Crippen molar-refractivity contribution in [1.82, 2.24) is 0 Å². The predicted octanol–water partition coefficient (Wildman–Crippen LogP) is 1.90. The van der Waals surface area contributed by atoms with Gasteiger partial charge in [-0.2, -0.15) is 0 Å². The van der Waals surface area contributed by atoms with Crippen molar-refractivity contribution >= 4 is 16.6 Å². The van der Waals surface area contributed by atoms with Gasteiger partial charge in [-0.25, -0.2) is 4.21 Å². The van der Waals surface area contributed by atoms with Gasteiger partial charge in [-0.15, -0.1) is 0 Å². The first-order chi connectivity index (χ1) is 6.20. The first-order valence-corrected chi connectivity index (χ1v) is 5.06. The second-order valence-electron chi connectivity index (χ2n) is 2.52. The van der Waals surface area contributed by atoms with E-state index in [9.17, 15) is 9.00 Å². The van der Waals surface area contributed by atoms with E-state index in [1.54, 1.807) is 12.1 Å². The Morgan fingerprint density at radius 1 is 1.31 bits per heavy atom. The van der Waals surface area contributed by atoms with Crippen LogP contribution in [0.1, 0.15) is 6.92 Å². The molecular weight excluding hydrogens is 184 g/mol. The van der Waals surface area contributed by atoms with Crippen molar-refractivity contribution in [2.24, 2.45) is 0 Å². The standard InChI is InChI=1S/C10H10O2S/c1-9(11)7-8-13(12)10-5-3-2-4-6-10/h2-8H,1H3/b8-7-. The molecule has 13 heavy (non-hydrogen) atoms. The Morgan fingerprint density at radius 3 is 2.46 bits per heavy atom. The van der Waals surface area contributed by atoms with Crippen LogP contribution >= 0.6 is 0 Å². The van der Waals surface area contributed by atoms with E-state index in [0.717, 1.165) is 0 Å². The summed E-state index contributed by atoms with van der Waals surface area (Å²) in [5, 5.41) is 1.40. The maximum atomic E-state index is 11.4. The third-order valence-electron chi connectivity index (χ3n) is 1.40. The van der Waals surface area contributed by atoms with Gasteiger partial charge in [0.15, 0.2) is 5.78 Å². The maximum Gasteiger partial charge on any atom is 0.153 e. The molecule has 3 heteroatoms. The molecule has 0 aromatic heterocycles. The van der Waals surface area contributed by atoms with Crippen LogP contribution in [0.4, 0.5) is 0 Å². The number of benzene rings is 1. The summed E-state index contributed by atoms with van der Waals surface area (Å²) >= 11 is 0. The number of carbonyl (C=O) groups excluding carboxylic acids is 1. The van der Waals surface area contributed by atoms with Gasteiger partial charge >= 0.3 is 0 Å². The van der Waals surface area contributed by atoms with Crippen molar-refractivity contribution in [3.8, 4) is 0 Å². The molecule has 2 nitrogen and oxygen atoms in total. The van der Waals surface area contributed by atoms with Crippen molar-refractivity contribution in [3.05, 3.63) is 41.8 Å². The van der Waals surface area contributed by atoms with Crippen molar-refractivity contribution in [1.29, 1.82) is 0 Å². The summed E-state index contributed by atoms with van der Waals surface area (Å²) in [5.41, 5.74) is 0. The van der Waals surface area contributed by atoms with E-state index >= 15 is 0 Å². The molecule has 0 heterocycles. The van der Waals surface area contributed by atoms with E-state index in [1.807, 2.05) is 18.2 Å². The summed E-state index contributed by atoms with van der Waals surface area (Å²) < 4.78 is 11.4. The summed E-state index contributed by atoms with van der Waals surface area (Å²) in [6, 6.07) is 9.01. The highest BCUT2D eigenvalue weighted by Gasteiger charge is 1.96. The highest BCUT2D eigenvalue weighted by atomic mass is 32.2. The van der Waals surface area contributed by atoms with E-state index in [-0.39, 0.29) is 5.78 Å². The molecule has 68 valence electrons. The molecule has 0 spiro atoms. The van der Waals surface area contributed by atoms with E-state index < -0.39 is 10.8 Å². The van der Waals surface area contributed by atoms with Crippen LogP contribution in [-0.2, 0) is 15.6 Å². The monoisotopic (exact) mass is 194 g/mol. The Hall–Kier alpha value is -1.22. The number of ketones is 1. The molecule has 0 bridgehead atoms. The first-order valence-electron chi connectivity index (χ1n) is 3.84. The molecular formula is C10H10O2S. The first kappa shape index (κ1) is 9.86. The van der Waals surface area contributed by atoms with E-state index in [1.165, 1.54) is 18.4 Å². The van der Waals surface area contributed by atoms with E-state index in [2.05, 4.69) is 0 Å². The van der Waals surface area contributed by atoms with Crippen molar-refractivity contribution in [3.63, 3.8) is 0 Å². The lowest BCUT2D eigenvalue weighted by Crippen LogP contribution is -1.87. The molecule has 1 unspecified atom stereocenters. The number of carbonyl (C=O) groups is 1. The fourth-order valence-corrected chi connectivity index (χ4v) is 1.69. The van der Waals surface area contributed by atoms with Crippen LogP contribution in [0.2, 0.25) is 0 Å². The highest BCUT2D eigenvalue weighted by Crippen LogP contribution is 2.05. The van der Waals surface area contributed by atoms with Crippen molar-refractivity contribution < 1.29 is 9.00 Å². The number of rotatable bonds is 3. The molecule has 0 N–H and O–H groups in total. The molecule has 0 fully saturated rings. The Kier molecular flexibility index (Phi) is 3.58. The van der Waals surface area contributed by atoms with Gasteiger partial charge in [-0.05, 0) is 25.1 Å². The molecule has 0 aliphatic carbocycles. The van der Waals surface area contributed by atoms with E-state index in [4.69, 9.17) is 0 Å². The van der Waals surface area contributed by atoms with Gasteiger partial charge in [0.25, 0.3) is 0 Å². The van der Waals surface area contributed by atoms with Gasteiger partial charge in [0, 0.05) is 10.3 Å². The Balaban J connectivity index is 2.76. The average Bonchev–Trinajstić information content (AvgIpc) is 2.15. The number of hydrogen-bond acceptors (Lipinski definition) is 2. The minimum absolute atomic E-state index is 0.0933. The summed E-state index contributed by atoms with van der Waals surface area (Å²) in [5.74, 6) is -0.0933. The number of allylic oxidation sites excluding steroid dienone is 1. The quantitative estimate of drug-likeness (QED) is 0.689. The van der Waals surface area contributed by atoms with Crippen LogP contribution in [0.15, 0.2) is 46.7 Å². The number of hydrogen-bond donors (Lipinski definition) is 0. The van der Waals surface area contributed by atoms with Crippen LogP contribution in [0.5, 0.6) is 0 Å². The SMILES string of the molecule is CC(=O)/C=C\S(=O)c1ccccc1. The molecule has 1 aromatic carbocycles. The van der Waals surface area contributed by atoms with Crippen LogP contribution in [0.25, 0.3) is 0 Å². The van der Waals surface area contributed by atoms with Gasteiger partial charge in [-0.3, -0.25) is 4.79 Å². The van der Waals surface area contributed by atoms with Gasteiger partial charge in [-0.1, -0.05) is 18.2 Å². The van der Waals surface area contributed by atoms with Gasteiger partial charge in [0.05, 0.1) is 10.8 Å². The maximum absolute atomic E-state index is 11.4. The summed E-state index contributed by atoms with van der Waals surface area (Å²) in [6.45, 7) is 1.43. The van der Waals surface area contributed by atoms with Crippen LogP contribution in [-0.4, -0.2) is 9.99 Å². The predicted molar refractivity (Wildman–Crippen MR) is 52.7 cm³/mol. The Bertz CT molecular complexity index is 341. The fourth-order valence-electron chi connectivity index (χ4n) is 0.791. The molecule has 1 aromatic rings. The Labute approximate surface area is 79.7 Å². The lowest BCUT2D eigenvalue weighted by atomic mass is 10.4. The average molecular weight is 194 g/mol. The normalized spacial score (nSPS) is 13.0. The summed E-state index contributed by atoms with van der Waals surface area (Å²) in [6.07, 6.45) is 1.32. The molecule has 0 radical (unpaired) electrons. The lowest BCUT2D eigenvalue weighted by Gasteiger charge is -1.93. The third kappa shape index (κ3) is 3.34. The zero-order valence-corrected chi connectivity index (χ0v) is 8.08. The molecule has 0 saturated heterocycles. The molecule has 1 rings (SSSR count). The topological polar surface area (TPSA) is 34.1 Å². The second kappa shape index (κ2) is 4.72.